The van der Waals surface area contributed by atoms with Crippen molar-refractivity contribution in [3.63, 3.8) is 0 Å². The second-order valence-corrected chi connectivity index (χ2v) is 6.00. The van der Waals surface area contributed by atoms with Crippen molar-refractivity contribution >= 4 is 11.6 Å². The maximum absolute atomic E-state index is 11.5. The zero-order valence-electron chi connectivity index (χ0n) is 13.2. The van der Waals surface area contributed by atoms with E-state index in [1.54, 1.807) is 0 Å². The number of benzene rings is 1. The smallest absolute Gasteiger partial charge is 0.224 e. The van der Waals surface area contributed by atoms with E-state index in [1.165, 1.54) is 0 Å². The Balaban J connectivity index is 2.48. The molecule has 1 amide bonds. The molecule has 1 aromatic rings. The molecule has 0 aromatic heterocycles. The van der Waals surface area contributed by atoms with Crippen LogP contribution in [-0.2, 0) is 11.2 Å². The van der Waals surface area contributed by atoms with Crippen LogP contribution in [0.2, 0.25) is 0 Å². The highest BCUT2D eigenvalue weighted by Crippen LogP contribution is 2.23. The lowest BCUT2D eigenvalue weighted by Crippen LogP contribution is -2.24. The summed E-state index contributed by atoms with van der Waals surface area (Å²) in [5, 5.41) is 14.8. The first-order valence-corrected chi connectivity index (χ1v) is 7.43. The van der Waals surface area contributed by atoms with Gasteiger partial charge in [0, 0.05) is 25.2 Å². The molecule has 4 nitrogen and oxygen atoms in total. The van der Waals surface area contributed by atoms with Gasteiger partial charge in [0.25, 0.3) is 0 Å². The molecular formula is C17H25N3O. The summed E-state index contributed by atoms with van der Waals surface area (Å²) in [6.45, 7) is 7.71. The van der Waals surface area contributed by atoms with Gasteiger partial charge < -0.3 is 10.6 Å². The number of anilines is 1. The lowest BCUT2D eigenvalue weighted by molar-refractivity contribution is -0.120. The number of likely N-dealkylation sites (N-methyl/N-ethyl adjacent to an activating group) is 1. The van der Waals surface area contributed by atoms with Crippen molar-refractivity contribution in [2.45, 2.75) is 40.0 Å². The van der Waals surface area contributed by atoms with Crippen LogP contribution >= 0.6 is 0 Å². The van der Waals surface area contributed by atoms with Gasteiger partial charge in [-0.2, -0.15) is 5.26 Å². The number of hydrogen-bond acceptors (Lipinski definition) is 3. The van der Waals surface area contributed by atoms with Crippen LogP contribution in [0.5, 0.6) is 0 Å². The molecule has 1 rings (SSSR count). The Labute approximate surface area is 127 Å². The van der Waals surface area contributed by atoms with Crippen LogP contribution in [0.3, 0.4) is 0 Å². The lowest BCUT2D eigenvalue weighted by Gasteiger charge is -2.24. The average Bonchev–Trinajstić information content (AvgIpc) is 2.45. The van der Waals surface area contributed by atoms with E-state index in [0.717, 1.165) is 24.2 Å². The number of carbonyl (C=O) groups is 1. The Morgan fingerprint density at radius 2 is 1.95 bits per heavy atom. The molecule has 0 unspecified atom stereocenters. The van der Waals surface area contributed by atoms with Crippen molar-refractivity contribution in [1.29, 1.82) is 5.26 Å². The highest BCUT2D eigenvalue weighted by atomic mass is 16.1. The maximum atomic E-state index is 11.5. The number of nitriles is 1. The Morgan fingerprint density at radius 3 is 2.52 bits per heavy atom. The van der Waals surface area contributed by atoms with Crippen molar-refractivity contribution in [2.24, 2.45) is 5.41 Å². The highest BCUT2D eigenvalue weighted by Gasteiger charge is 2.16. The molecule has 0 saturated carbocycles. The zero-order valence-corrected chi connectivity index (χ0v) is 13.2. The molecule has 0 heterocycles. The first kappa shape index (κ1) is 17.0. The van der Waals surface area contributed by atoms with E-state index in [-0.39, 0.29) is 11.3 Å². The molecule has 4 heteroatoms. The van der Waals surface area contributed by atoms with Crippen LogP contribution in [0.4, 0.5) is 5.69 Å². The SMILES string of the molecule is CCNC(=O)Cc1ccc(NCC(C)(C)CCC#N)cc1. The molecule has 0 radical (unpaired) electrons. The third kappa shape index (κ3) is 6.80. The minimum absolute atomic E-state index is 0.0517. The summed E-state index contributed by atoms with van der Waals surface area (Å²) in [4.78, 5) is 11.5. The summed E-state index contributed by atoms with van der Waals surface area (Å²) in [6.07, 6.45) is 1.88. The van der Waals surface area contributed by atoms with Gasteiger partial charge in [0.05, 0.1) is 12.5 Å². The van der Waals surface area contributed by atoms with E-state index in [0.29, 0.717) is 19.4 Å². The third-order valence-electron chi connectivity index (χ3n) is 3.38. The lowest BCUT2D eigenvalue weighted by atomic mass is 9.88. The molecule has 0 atom stereocenters. The van der Waals surface area contributed by atoms with Gasteiger partial charge in [-0.3, -0.25) is 4.79 Å². The molecule has 0 aliphatic rings. The number of amides is 1. The van der Waals surface area contributed by atoms with Crippen molar-refractivity contribution in [1.82, 2.24) is 5.32 Å². The van der Waals surface area contributed by atoms with Crippen molar-refractivity contribution < 1.29 is 4.79 Å². The molecule has 0 fully saturated rings. The van der Waals surface area contributed by atoms with E-state index in [1.807, 2.05) is 31.2 Å². The summed E-state index contributed by atoms with van der Waals surface area (Å²) in [7, 11) is 0. The largest absolute Gasteiger partial charge is 0.385 e. The third-order valence-corrected chi connectivity index (χ3v) is 3.38. The number of carbonyl (C=O) groups excluding carboxylic acids is 1. The average molecular weight is 287 g/mol. The molecule has 0 aliphatic heterocycles. The van der Waals surface area contributed by atoms with Gasteiger partial charge in [0.1, 0.15) is 0 Å². The Morgan fingerprint density at radius 1 is 1.29 bits per heavy atom. The summed E-state index contributed by atoms with van der Waals surface area (Å²) in [5.41, 5.74) is 2.14. The van der Waals surface area contributed by atoms with Crippen LogP contribution < -0.4 is 10.6 Å². The Kier molecular flexibility index (Phi) is 6.74. The molecule has 21 heavy (non-hydrogen) atoms. The molecule has 2 N–H and O–H groups in total. The quantitative estimate of drug-likeness (QED) is 0.772. The van der Waals surface area contributed by atoms with Gasteiger partial charge in [-0.05, 0) is 36.5 Å². The van der Waals surface area contributed by atoms with Gasteiger partial charge >= 0.3 is 0 Å². The standard InChI is InChI=1S/C17H25N3O/c1-4-19-16(21)12-14-6-8-15(9-7-14)20-13-17(2,3)10-5-11-18/h6-9,20H,4-5,10,12-13H2,1-3H3,(H,19,21). The van der Waals surface area contributed by atoms with Crippen LogP contribution in [0.1, 0.15) is 39.2 Å². The van der Waals surface area contributed by atoms with E-state index in [2.05, 4.69) is 30.6 Å². The molecular weight excluding hydrogens is 262 g/mol. The molecule has 0 spiro atoms. The number of nitrogens with one attached hydrogen (secondary N) is 2. The van der Waals surface area contributed by atoms with E-state index >= 15 is 0 Å². The van der Waals surface area contributed by atoms with Crippen molar-refractivity contribution in [3.8, 4) is 6.07 Å². The molecule has 0 bridgehead atoms. The fourth-order valence-corrected chi connectivity index (χ4v) is 2.01. The Bertz CT molecular complexity index is 486. The van der Waals surface area contributed by atoms with E-state index in [9.17, 15) is 4.79 Å². The van der Waals surface area contributed by atoms with Crippen molar-refractivity contribution in [3.05, 3.63) is 29.8 Å². The van der Waals surface area contributed by atoms with Crippen LogP contribution in [-0.4, -0.2) is 19.0 Å². The summed E-state index contributed by atoms with van der Waals surface area (Å²) in [6, 6.07) is 10.1. The highest BCUT2D eigenvalue weighted by molar-refractivity contribution is 5.78. The van der Waals surface area contributed by atoms with Crippen molar-refractivity contribution in [2.75, 3.05) is 18.4 Å². The predicted octanol–water partition coefficient (Wildman–Crippen LogP) is 3.11. The van der Waals surface area contributed by atoms with Crippen LogP contribution in [0.15, 0.2) is 24.3 Å². The second kappa shape index (κ2) is 8.31. The van der Waals surface area contributed by atoms with E-state index in [4.69, 9.17) is 5.26 Å². The first-order chi connectivity index (χ1) is 9.96. The fourth-order valence-electron chi connectivity index (χ4n) is 2.01. The zero-order chi connectivity index (χ0) is 15.7. The topological polar surface area (TPSA) is 64.9 Å². The van der Waals surface area contributed by atoms with Crippen LogP contribution in [0.25, 0.3) is 0 Å². The minimum Gasteiger partial charge on any atom is -0.385 e. The number of hydrogen-bond donors (Lipinski definition) is 2. The number of nitrogens with zero attached hydrogens (tertiary/aromatic N) is 1. The maximum Gasteiger partial charge on any atom is 0.224 e. The van der Waals surface area contributed by atoms with Crippen LogP contribution in [0, 0.1) is 16.7 Å². The van der Waals surface area contributed by atoms with E-state index < -0.39 is 0 Å². The monoisotopic (exact) mass is 287 g/mol. The Hall–Kier alpha value is -2.02. The van der Waals surface area contributed by atoms with Gasteiger partial charge in [0.15, 0.2) is 0 Å². The van der Waals surface area contributed by atoms with Gasteiger partial charge in [-0.15, -0.1) is 0 Å². The van der Waals surface area contributed by atoms with Gasteiger partial charge in [-0.25, -0.2) is 0 Å². The summed E-state index contributed by atoms with van der Waals surface area (Å²) < 4.78 is 0. The summed E-state index contributed by atoms with van der Waals surface area (Å²) >= 11 is 0. The molecule has 0 saturated heterocycles. The normalized spacial score (nSPS) is 10.8. The number of rotatable bonds is 8. The molecule has 1 aromatic carbocycles. The van der Waals surface area contributed by atoms with Gasteiger partial charge in [-0.1, -0.05) is 26.0 Å². The summed E-state index contributed by atoms with van der Waals surface area (Å²) in [5.74, 6) is 0.0517. The fraction of sp³-hybridized carbons (Fsp3) is 0.529. The first-order valence-electron chi connectivity index (χ1n) is 7.43. The van der Waals surface area contributed by atoms with Gasteiger partial charge in [0.2, 0.25) is 5.91 Å². The second-order valence-electron chi connectivity index (χ2n) is 6.00. The molecule has 114 valence electrons. The predicted molar refractivity (Wildman–Crippen MR) is 85.9 cm³/mol. The molecule has 0 aliphatic carbocycles. The minimum atomic E-state index is 0.0517.